The molecule has 0 aromatic carbocycles. The molecule has 1 aromatic heterocycles. The van der Waals surface area contributed by atoms with Gasteiger partial charge in [-0.15, -0.1) is 5.10 Å². The van der Waals surface area contributed by atoms with E-state index in [1.54, 1.807) is 0 Å². The van der Waals surface area contributed by atoms with Crippen molar-refractivity contribution in [3.63, 3.8) is 0 Å². The smallest absolute Gasteiger partial charge is 0.293 e. The van der Waals surface area contributed by atoms with Crippen LogP contribution in [0.3, 0.4) is 0 Å². The lowest BCUT2D eigenvalue weighted by atomic mass is 9.97. The first kappa shape index (κ1) is 14.5. The number of nitrogens with zero attached hydrogens (tertiary/aromatic N) is 3. The van der Waals surface area contributed by atoms with Gasteiger partial charge in [-0.25, -0.2) is 4.98 Å². The lowest BCUT2D eigenvalue weighted by Gasteiger charge is -2.32. The van der Waals surface area contributed by atoms with Gasteiger partial charge in [0.15, 0.2) is 0 Å². The van der Waals surface area contributed by atoms with Crippen LogP contribution in [0.25, 0.3) is 0 Å². The van der Waals surface area contributed by atoms with E-state index >= 15 is 0 Å². The van der Waals surface area contributed by atoms with E-state index in [1.807, 2.05) is 4.90 Å². The van der Waals surface area contributed by atoms with Gasteiger partial charge in [0.1, 0.15) is 5.82 Å². The minimum Gasteiger partial charge on any atom is -0.333 e. The number of hydrogen-bond donors (Lipinski definition) is 2. The molecule has 6 heteroatoms. The highest BCUT2D eigenvalue weighted by atomic mass is 16.2. The van der Waals surface area contributed by atoms with Crippen molar-refractivity contribution in [2.45, 2.75) is 51.5 Å². The summed E-state index contributed by atoms with van der Waals surface area (Å²) < 4.78 is 0. The van der Waals surface area contributed by atoms with Gasteiger partial charge in [-0.1, -0.05) is 0 Å². The molecule has 3 rings (SSSR count). The standard InChI is InChI=1S/C15H25N5O/c1-10(2)20(9-11-5-7-16-8-6-11)15(21)14-17-13(18-19-14)12-3-4-12/h10-12,16H,3-9H2,1-2H3,(H,17,18,19). The van der Waals surface area contributed by atoms with E-state index in [-0.39, 0.29) is 11.9 Å². The average molecular weight is 291 g/mol. The molecule has 0 radical (unpaired) electrons. The van der Waals surface area contributed by atoms with Gasteiger partial charge in [0.2, 0.25) is 5.82 Å². The first-order valence-corrected chi connectivity index (χ1v) is 8.09. The summed E-state index contributed by atoms with van der Waals surface area (Å²) in [7, 11) is 0. The molecule has 1 saturated carbocycles. The number of rotatable bonds is 5. The highest BCUT2D eigenvalue weighted by Gasteiger charge is 2.30. The number of carbonyl (C=O) groups is 1. The van der Waals surface area contributed by atoms with Crippen LogP contribution in [0.1, 0.15) is 61.9 Å². The molecule has 0 spiro atoms. The molecule has 1 aromatic rings. The second-order valence-electron chi connectivity index (χ2n) is 6.56. The molecule has 116 valence electrons. The van der Waals surface area contributed by atoms with Crippen molar-refractivity contribution in [1.82, 2.24) is 25.4 Å². The zero-order valence-corrected chi connectivity index (χ0v) is 12.9. The highest BCUT2D eigenvalue weighted by molar-refractivity contribution is 5.90. The fourth-order valence-corrected chi connectivity index (χ4v) is 2.91. The van der Waals surface area contributed by atoms with Gasteiger partial charge >= 0.3 is 0 Å². The molecule has 0 atom stereocenters. The topological polar surface area (TPSA) is 73.9 Å². The molecule has 1 amide bonds. The molecular formula is C15H25N5O. The first-order chi connectivity index (χ1) is 10.1. The predicted molar refractivity (Wildman–Crippen MR) is 80.1 cm³/mol. The Labute approximate surface area is 125 Å². The third-order valence-electron chi connectivity index (χ3n) is 4.46. The summed E-state index contributed by atoms with van der Waals surface area (Å²) in [5, 5.41) is 10.4. The van der Waals surface area contributed by atoms with E-state index in [0.29, 0.717) is 17.7 Å². The van der Waals surface area contributed by atoms with Crippen molar-refractivity contribution in [2.75, 3.05) is 19.6 Å². The second kappa shape index (κ2) is 6.13. The molecule has 2 N–H and O–H groups in total. The number of aromatic nitrogens is 3. The number of amides is 1. The van der Waals surface area contributed by atoms with E-state index in [0.717, 1.165) is 51.1 Å². The maximum atomic E-state index is 12.7. The second-order valence-corrected chi connectivity index (χ2v) is 6.56. The maximum absolute atomic E-state index is 12.7. The summed E-state index contributed by atoms with van der Waals surface area (Å²) in [5.41, 5.74) is 0. The van der Waals surface area contributed by atoms with E-state index in [2.05, 4.69) is 34.3 Å². The molecule has 2 heterocycles. The molecule has 6 nitrogen and oxygen atoms in total. The number of aromatic amines is 1. The molecule has 21 heavy (non-hydrogen) atoms. The molecule has 0 unspecified atom stereocenters. The molecular weight excluding hydrogens is 266 g/mol. The SMILES string of the molecule is CC(C)N(CC1CCNCC1)C(=O)c1n[nH]c(C2CC2)n1. The van der Waals surface area contributed by atoms with Crippen LogP contribution < -0.4 is 5.32 Å². The number of H-pyrrole nitrogens is 1. The van der Waals surface area contributed by atoms with Gasteiger partial charge in [0.25, 0.3) is 5.91 Å². The summed E-state index contributed by atoms with van der Waals surface area (Å²) >= 11 is 0. The van der Waals surface area contributed by atoms with Crippen LogP contribution >= 0.6 is 0 Å². The van der Waals surface area contributed by atoms with Gasteiger partial charge in [-0.3, -0.25) is 9.89 Å². The van der Waals surface area contributed by atoms with Crippen LogP contribution in [-0.2, 0) is 0 Å². The average Bonchev–Trinajstić information content (AvgIpc) is 3.22. The third-order valence-corrected chi connectivity index (χ3v) is 4.46. The van der Waals surface area contributed by atoms with Gasteiger partial charge in [0.05, 0.1) is 0 Å². The van der Waals surface area contributed by atoms with Gasteiger partial charge in [0, 0.05) is 18.5 Å². The number of carbonyl (C=O) groups excluding carboxylic acids is 1. The van der Waals surface area contributed by atoms with Gasteiger partial charge in [-0.05, 0) is 58.5 Å². The highest BCUT2D eigenvalue weighted by Crippen LogP contribution is 2.37. The van der Waals surface area contributed by atoms with Crippen molar-refractivity contribution < 1.29 is 4.79 Å². The van der Waals surface area contributed by atoms with Crippen molar-refractivity contribution in [1.29, 1.82) is 0 Å². The lowest BCUT2D eigenvalue weighted by molar-refractivity contribution is 0.0646. The fourth-order valence-electron chi connectivity index (χ4n) is 2.91. The van der Waals surface area contributed by atoms with E-state index in [1.165, 1.54) is 0 Å². The Balaban J connectivity index is 1.67. The summed E-state index contributed by atoms with van der Waals surface area (Å²) in [6.45, 7) is 7.04. The Hall–Kier alpha value is -1.43. The summed E-state index contributed by atoms with van der Waals surface area (Å²) in [6, 6.07) is 0.176. The lowest BCUT2D eigenvalue weighted by Crippen LogP contribution is -2.43. The number of nitrogens with one attached hydrogen (secondary N) is 2. The summed E-state index contributed by atoms with van der Waals surface area (Å²) in [5.74, 6) is 2.26. The minimum absolute atomic E-state index is 0.0355. The molecule has 2 aliphatic rings. The van der Waals surface area contributed by atoms with Crippen molar-refractivity contribution in [2.24, 2.45) is 5.92 Å². The Morgan fingerprint density at radius 2 is 2.00 bits per heavy atom. The Morgan fingerprint density at radius 3 is 2.62 bits per heavy atom. The summed E-state index contributed by atoms with van der Waals surface area (Å²) in [6.07, 6.45) is 4.59. The molecule has 0 bridgehead atoms. The normalized spacial score (nSPS) is 20.0. The van der Waals surface area contributed by atoms with Crippen molar-refractivity contribution >= 4 is 5.91 Å². The zero-order valence-electron chi connectivity index (χ0n) is 12.9. The maximum Gasteiger partial charge on any atom is 0.293 e. The number of hydrogen-bond acceptors (Lipinski definition) is 4. The Morgan fingerprint density at radius 1 is 1.29 bits per heavy atom. The van der Waals surface area contributed by atoms with E-state index < -0.39 is 0 Å². The summed E-state index contributed by atoms with van der Waals surface area (Å²) in [4.78, 5) is 19.0. The van der Waals surface area contributed by atoms with Crippen LogP contribution in [0.15, 0.2) is 0 Å². The molecule has 1 saturated heterocycles. The molecule has 1 aliphatic carbocycles. The Kier molecular flexibility index (Phi) is 4.24. The van der Waals surface area contributed by atoms with E-state index in [9.17, 15) is 4.79 Å². The van der Waals surface area contributed by atoms with Crippen LogP contribution in [0.4, 0.5) is 0 Å². The van der Waals surface area contributed by atoms with E-state index in [4.69, 9.17) is 0 Å². The first-order valence-electron chi connectivity index (χ1n) is 8.09. The quantitative estimate of drug-likeness (QED) is 0.863. The monoisotopic (exact) mass is 291 g/mol. The minimum atomic E-state index is -0.0355. The Bertz CT molecular complexity index is 488. The van der Waals surface area contributed by atoms with Gasteiger partial charge in [-0.2, -0.15) is 0 Å². The number of piperidine rings is 1. The van der Waals surface area contributed by atoms with Crippen LogP contribution in [0, 0.1) is 5.92 Å². The van der Waals surface area contributed by atoms with Crippen molar-refractivity contribution in [3.05, 3.63) is 11.6 Å². The fraction of sp³-hybridized carbons (Fsp3) is 0.800. The zero-order chi connectivity index (χ0) is 14.8. The molecule has 1 aliphatic heterocycles. The third kappa shape index (κ3) is 3.43. The van der Waals surface area contributed by atoms with Crippen LogP contribution in [0.2, 0.25) is 0 Å². The largest absolute Gasteiger partial charge is 0.333 e. The predicted octanol–water partition coefficient (Wildman–Crippen LogP) is 1.53. The van der Waals surface area contributed by atoms with Gasteiger partial charge < -0.3 is 10.2 Å². The van der Waals surface area contributed by atoms with Crippen LogP contribution in [-0.4, -0.2) is 51.7 Å². The van der Waals surface area contributed by atoms with Crippen LogP contribution in [0.5, 0.6) is 0 Å². The molecule has 2 fully saturated rings. The van der Waals surface area contributed by atoms with Crippen molar-refractivity contribution in [3.8, 4) is 0 Å².